The average Bonchev–Trinajstić information content (AvgIpc) is 3.20. The molecule has 2 heterocycles. The fourth-order valence-electron chi connectivity index (χ4n) is 2.71. The van der Waals surface area contributed by atoms with Crippen LogP contribution >= 0.6 is 0 Å². The molecule has 7 heteroatoms. The molecule has 130 valence electrons. The Hall–Kier alpha value is -2.44. The van der Waals surface area contributed by atoms with Gasteiger partial charge in [-0.15, -0.1) is 0 Å². The number of rotatable bonds is 5. The van der Waals surface area contributed by atoms with Crippen molar-refractivity contribution in [2.75, 3.05) is 19.9 Å². The molecule has 0 radical (unpaired) electrons. The first-order valence-electron chi connectivity index (χ1n) is 8.25. The molecular formula is C17H23N3O4. The first-order chi connectivity index (χ1) is 11.6. The van der Waals surface area contributed by atoms with Crippen LogP contribution in [0.15, 0.2) is 23.4 Å². The summed E-state index contributed by atoms with van der Waals surface area (Å²) < 4.78 is 10.7. The molecule has 1 aromatic carbocycles. The lowest BCUT2D eigenvalue weighted by Crippen LogP contribution is -2.45. The summed E-state index contributed by atoms with van der Waals surface area (Å²) in [7, 11) is 0. The second kappa shape index (κ2) is 6.98. The Morgan fingerprint density at radius 1 is 1.38 bits per heavy atom. The van der Waals surface area contributed by atoms with Crippen molar-refractivity contribution in [2.24, 2.45) is 5.16 Å². The second-order valence-electron chi connectivity index (χ2n) is 6.18. The van der Waals surface area contributed by atoms with E-state index in [9.17, 15) is 4.79 Å². The molecule has 0 spiro atoms. The molecule has 7 nitrogen and oxygen atoms in total. The number of likely N-dealkylation sites (N-methyl/N-ethyl adjacent to an activating group) is 1. The van der Waals surface area contributed by atoms with Crippen LogP contribution in [-0.4, -0.2) is 48.7 Å². The summed E-state index contributed by atoms with van der Waals surface area (Å²) in [6.07, 6.45) is 0.522. The van der Waals surface area contributed by atoms with Crippen molar-refractivity contribution in [2.45, 2.75) is 39.3 Å². The normalized spacial score (nSPS) is 18.3. The number of nitrogens with zero attached hydrogens (tertiary/aromatic N) is 2. The predicted molar refractivity (Wildman–Crippen MR) is 89.5 cm³/mol. The standard InChI is InChI=1S/C17H23N3O4/c1-4-20(17(21)18-11(2)3)9-13-8-14(19-24-13)12-5-6-15-16(7-12)23-10-22-15/h5-7,11,13H,4,8-10H2,1-3H3,(H,18,21). The molecule has 1 aromatic rings. The van der Waals surface area contributed by atoms with Gasteiger partial charge in [0.2, 0.25) is 6.79 Å². The number of ether oxygens (including phenoxy) is 2. The molecule has 1 N–H and O–H groups in total. The summed E-state index contributed by atoms with van der Waals surface area (Å²) in [5.41, 5.74) is 1.81. The van der Waals surface area contributed by atoms with E-state index in [-0.39, 0.29) is 25.0 Å². The summed E-state index contributed by atoms with van der Waals surface area (Å²) in [6.45, 7) is 7.22. The summed E-state index contributed by atoms with van der Waals surface area (Å²) in [5.74, 6) is 1.47. The van der Waals surface area contributed by atoms with Crippen molar-refractivity contribution in [1.82, 2.24) is 10.2 Å². The van der Waals surface area contributed by atoms with Crippen LogP contribution in [0.25, 0.3) is 0 Å². The van der Waals surface area contributed by atoms with E-state index < -0.39 is 0 Å². The van der Waals surface area contributed by atoms with Crippen molar-refractivity contribution >= 4 is 11.7 Å². The van der Waals surface area contributed by atoms with E-state index in [0.717, 1.165) is 22.8 Å². The van der Waals surface area contributed by atoms with E-state index >= 15 is 0 Å². The van der Waals surface area contributed by atoms with Crippen LogP contribution < -0.4 is 14.8 Å². The number of carbonyl (C=O) groups is 1. The number of urea groups is 1. The number of fused-ring (bicyclic) bond motifs is 1. The van der Waals surface area contributed by atoms with Gasteiger partial charge in [-0.2, -0.15) is 0 Å². The highest BCUT2D eigenvalue weighted by Crippen LogP contribution is 2.33. The van der Waals surface area contributed by atoms with Crippen LogP contribution in [0.1, 0.15) is 32.8 Å². The van der Waals surface area contributed by atoms with Crippen molar-refractivity contribution in [3.63, 3.8) is 0 Å². The van der Waals surface area contributed by atoms with Crippen LogP contribution in [0, 0.1) is 0 Å². The Balaban J connectivity index is 1.59. The average molecular weight is 333 g/mol. The molecule has 0 bridgehead atoms. The summed E-state index contributed by atoms with van der Waals surface area (Å²) in [5, 5.41) is 7.08. The monoisotopic (exact) mass is 333 g/mol. The molecule has 0 aromatic heterocycles. The largest absolute Gasteiger partial charge is 0.454 e. The molecule has 0 saturated heterocycles. The van der Waals surface area contributed by atoms with Gasteiger partial charge in [0.1, 0.15) is 0 Å². The van der Waals surface area contributed by atoms with Crippen LogP contribution in [-0.2, 0) is 4.84 Å². The Bertz CT molecular complexity index is 645. The number of oxime groups is 1. The van der Waals surface area contributed by atoms with Gasteiger partial charge in [0.15, 0.2) is 17.6 Å². The SMILES string of the molecule is CCN(CC1CC(c2ccc3c(c2)OCO3)=NO1)C(=O)NC(C)C. The Kier molecular flexibility index (Phi) is 4.78. The lowest BCUT2D eigenvalue weighted by Gasteiger charge is -2.24. The van der Waals surface area contributed by atoms with Gasteiger partial charge in [0.25, 0.3) is 0 Å². The number of carbonyl (C=O) groups excluding carboxylic acids is 1. The van der Waals surface area contributed by atoms with E-state index in [2.05, 4.69) is 10.5 Å². The molecule has 2 aliphatic heterocycles. The molecule has 2 amide bonds. The van der Waals surface area contributed by atoms with E-state index in [0.29, 0.717) is 19.5 Å². The zero-order chi connectivity index (χ0) is 17.1. The van der Waals surface area contributed by atoms with Crippen LogP contribution in [0.2, 0.25) is 0 Å². The number of hydrogen-bond donors (Lipinski definition) is 1. The minimum Gasteiger partial charge on any atom is -0.454 e. The topological polar surface area (TPSA) is 72.4 Å². The first kappa shape index (κ1) is 16.4. The van der Waals surface area contributed by atoms with Crippen molar-refractivity contribution < 1.29 is 19.1 Å². The van der Waals surface area contributed by atoms with Crippen LogP contribution in [0.3, 0.4) is 0 Å². The summed E-state index contributed by atoms with van der Waals surface area (Å²) in [6, 6.07) is 5.77. The zero-order valence-electron chi connectivity index (χ0n) is 14.2. The lowest BCUT2D eigenvalue weighted by atomic mass is 10.0. The molecule has 0 aliphatic carbocycles. The minimum absolute atomic E-state index is 0.0763. The molecule has 1 atom stereocenters. The highest BCUT2D eigenvalue weighted by Gasteiger charge is 2.27. The van der Waals surface area contributed by atoms with E-state index in [1.165, 1.54) is 0 Å². The maximum atomic E-state index is 12.1. The first-order valence-corrected chi connectivity index (χ1v) is 8.25. The number of hydrogen-bond acceptors (Lipinski definition) is 5. The second-order valence-corrected chi connectivity index (χ2v) is 6.18. The Morgan fingerprint density at radius 3 is 2.92 bits per heavy atom. The van der Waals surface area contributed by atoms with Gasteiger partial charge in [-0.05, 0) is 39.0 Å². The Morgan fingerprint density at radius 2 is 2.17 bits per heavy atom. The highest BCUT2D eigenvalue weighted by atomic mass is 16.7. The molecule has 2 aliphatic rings. The van der Waals surface area contributed by atoms with Gasteiger partial charge in [-0.1, -0.05) is 5.16 Å². The van der Waals surface area contributed by atoms with Crippen molar-refractivity contribution in [3.8, 4) is 11.5 Å². The van der Waals surface area contributed by atoms with Gasteiger partial charge >= 0.3 is 6.03 Å². The van der Waals surface area contributed by atoms with Gasteiger partial charge in [-0.3, -0.25) is 0 Å². The summed E-state index contributed by atoms with van der Waals surface area (Å²) >= 11 is 0. The van der Waals surface area contributed by atoms with E-state index in [4.69, 9.17) is 14.3 Å². The highest BCUT2D eigenvalue weighted by molar-refractivity contribution is 6.01. The molecule has 1 unspecified atom stereocenters. The third-order valence-corrected chi connectivity index (χ3v) is 3.94. The number of nitrogens with one attached hydrogen (secondary N) is 1. The maximum Gasteiger partial charge on any atom is 0.317 e. The molecule has 3 rings (SSSR count). The van der Waals surface area contributed by atoms with Gasteiger partial charge in [0.05, 0.1) is 12.3 Å². The van der Waals surface area contributed by atoms with Crippen molar-refractivity contribution in [3.05, 3.63) is 23.8 Å². The molecule has 0 fully saturated rings. The fraction of sp³-hybridized carbons (Fsp3) is 0.529. The van der Waals surface area contributed by atoms with Crippen LogP contribution in [0.4, 0.5) is 4.79 Å². The number of benzene rings is 1. The third-order valence-electron chi connectivity index (χ3n) is 3.94. The fourth-order valence-corrected chi connectivity index (χ4v) is 2.71. The predicted octanol–water partition coefficient (Wildman–Crippen LogP) is 2.35. The van der Waals surface area contributed by atoms with Crippen LogP contribution in [0.5, 0.6) is 11.5 Å². The maximum absolute atomic E-state index is 12.1. The minimum atomic E-state index is -0.136. The van der Waals surface area contributed by atoms with E-state index in [1.807, 2.05) is 39.0 Å². The van der Waals surface area contributed by atoms with Gasteiger partial charge < -0.3 is 24.5 Å². The molecule has 0 saturated carbocycles. The smallest absolute Gasteiger partial charge is 0.317 e. The lowest BCUT2D eigenvalue weighted by molar-refractivity contribution is 0.0614. The zero-order valence-corrected chi connectivity index (χ0v) is 14.2. The molecular weight excluding hydrogens is 310 g/mol. The molecule has 24 heavy (non-hydrogen) atoms. The van der Waals surface area contributed by atoms with Gasteiger partial charge in [0, 0.05) is 24.6 Å². The quantitative estimate of drug-likeness (QED) is 0.898. The Labute approximate surface area is 141 Å². The third kappa shape index (κ3) is 3.55. The summed E-state index contributed by atoms with van der Waals surface area (Å²) in [4.78, 5) is 19.4. The van der Waals surface area contributed by atoms with Crippen molar-refractivity contribution in [1.29, 1.82) is 0 Å². The van der Waals surface area contributed by atoms with E-state index in [1.54, 1.807) is 4.90 Å². The van der Waals surface area contributed by atoms with Gasteiger partial charge in [-0.25, -0.2) is 4.79 Å². The number of amides is 2.